The van der Waals surface area contributed by atoms with Crippen molar-refractivity contribution in [2.45, 2.75) is 11.8 Å². The molecule has 0 fully saturated rings. The topological polar surface area (TPSA) is 39.9 Å². The van der Waals surface area contributed by atoms with Gasteiger partial charge in [0.2, 0.25) is 0 Å². The smallest absolute Gasteiger partial charge is 0.125 e. The maximum Gasteiger partial charge on any atom is 0.125 e. The lowest BCUT2D eigenvalue weighted by atomic mass is 9.75. The molecule has 0 N–H and O–H groups in total. The number of benzene rings is 1. The molecule has 1 atom stereocenters. The van der Waals surface area contributed by atoms with Crippen LogP contribution in [-0.4, -0.2) is 30.4 Å². The summed E-state index contributed by atoms with van der Waals surface area (Å²) in [5.74, 6) is 0. The lowest BCUT2D eigenvalue weighted by Gasteiger charge is -2.28. The highest BCUT2D eigenvalue weighted by Crippen LogP contribution is 2.34. The molecule has 4 heteroatoms. The summed E-state index contributed by atoms with van der Waals surface area (Å²) in [6, 6.07) is 13.9. The highest BCUT2D eigenvalue weighted by Gasteiger charge is 2.35. The number of nitriles is 1. The van der Waals surface area contributed by atoms with Gasteiger partial charge in [-0.2, -0.15) is 5.26 Å². The summed E-state index contributed by atoms with van der Waals surface area (Å²) in [6.45, 7) is -5.99. The summed E-state index contributed by atoms with van der Waals surface area (Å²) >= 11 is 5.94. The third kappa shape index (κ3) is 3.41. The van der Waals surface area contributed by atoms with Crippen molar-refractivity contribution in [1.82, 2.24) is 9.88 Å². The van der Waals surface area contributed by atoms with Gasteiger partial charge in [0.1, 0.15) is 5.41 Å². The molecular weight excluding hydrogens is 282 g/mol. The van der Waals surface area contributed by atoms with E-state index in [1.807, 2.05) is 0 Å². The van der Waals surface area contributed by atoms with Gasteiger partial charge in [-0.25, -0.2) is 0 Å². The number of halogens is 1. The summed E-state index contributed by atoms with van der Waals surface area (Å²) in [6.07, 6.45) is 1.46. The molecule has 0 spiro atoms. The summed E-state index contributed by atoms with van der Waals surface area (Å²) in [5.41, 5.74) is -0.351. The Morgan fingerprint density at radius 1 is 1.29 bits per heavy atom. The van der Waals surface area contributed by atoms with Crippen molar-refractivity contribution in [2.75, 3.05) is 20.5 Å². The first-order chi connectivity index (χ1) is 12.5. The SMILES string of the molecule is [2H]C([2H])([2H])N(CCC(C#N)(c1ccc(Cl)cc1)c1ccccn1)C([2H])([2H])[2H]. The Labute approximate surface area is 139 Å². The Kier molecular flexibility index (Phi) is 2.94. The van der Waals surface area contributed by atoms with Crippen LogP contribution < -0.4 is 0 Å². The van der Waals surface area contributed by atoms with Crippen molar-refractivity contribution >= 4 is 11.6 Å². The average molecular weight is 306 g/mol. The zero-order valence-corrected chi connectivity index (χ0v) is 12.0. The number of hydrogen-bond donors (Lipinski definition) is 0. The number of nitrogens with zero attached hydrogens (tertiary/aromatic N) is 3. The maximum atomic E-state index is 10.0. The molecule has 0 amide bonds. The lowest BCUT2D eigenvalue weighted by molar-refractivity contribution is 0.369. The molecule has 108 valence electrons. The van der Waals surface area contributed by atoms with E-state index < -0.39 is 19.4 Å². The van der Waals surface area contributed by atoms with Gasteiger partial charge in [0.05, 0.1) is 11.8 Å². The van der Waals surface area contributed by atoms with Crippen LogP contribution >= 0.6 is 11.6 Å². The van der Waals surface area contributed by atoms with E-state index in [9.17, 15) is 5.26 Å². The maximum absolute atomic E-state index is 10.0. The standard InChI is InChI=1S/C17H18ClN3/c1-21(2)12-10-17(13-19,16-5-3-4-11-20-16)14-6-8-15(18)9-7-14/h3-9,11H,10,12H2,1-2H3/i1D3,2D3. The highest BCUT2D eigenvalue weighted by atomic mass is 35.5. The Hall–Kier alpha value is -1.89. The van der Waals surface area contributed by atoms with E-state index >= 15 is 0 Å². The number of hydrogen-bond acceptors (Lipinski definition) is 3. The largest absolute Gasteiger partial charge is 0.309 e. The molecule has 0 aliphatic rings. The lowest BCUT2D eigenvalue weighted by Crippen LogP contribution is -2.31. The number of rotatable bonds is 5. The van der Waals surface area contributed by atoms with Crippen LogP contribution in [0.4, 0.5) is 0 Å². The first-order valence-corrected chi connectivity index (χ1v) is 6.75. The first kappa shape index (κ1) is 9.19. The van der Waals surface area contributed by atoms with Gasteiger partial charge in [0, 0.05) is 19.4 Å². The molecule has 1 aromatic heterocycles. The minimum Gasteiger partial charge on any atom is -0.309 e. The van der Waals surface area contributed by atoms with E-state index in [1.54, 1.807) is 42.5 Å². The van der Waals surface area contributed by atoms with Gasteiger partial charge in [-0.05, 0) is 56.7 Å². The number of aromatic nitrogens is 1. The molecule has 1 aromatic carbocycles. The van der Waals surface area contributed by atoms with E-state index in [-0.39, 0.29) is 13.0 Å². The molecule has 1 heterocycles. The van der Waals surface area contributed by atoms with Crippen molar-refractivity contribution in [3.63, 3.8) is 0 Å². The van der Waals surface area contributed by atoms with Crippen molar-refractivity contribution in [2.24, 2.45) is 0 Å². The normalized spacial score (nSPS) is 19.1. The van der Waals surface area contributed by atoms with Gasteiger partial charge >= 0.3 is 0 Å². The van der Waals surface area contributed by atoms with Gasteiger partial charge in [0.25, 0.3) is 0 Å². The van der Waals surface area contributed by atoms with Crippen LogP contribution in [0.25, 0.3) is 0 Å². The predicted molar refractivity (Wildman–Crippen MR) is 85.3 cm³/mol. The van der Waals surface area contributed by atoms with Crippen LogP contribution in [0.5, 0.6) is 0 Å². The monoisotopic (exact) mass is 305 g/mol. The zero-order chi connectivity index (χ0) is 20.3. The fourth-order valence-corrected chi connectivity index (χ4v) is 2.35. The second kappa shape index (κ2) is 6.71. The van der Waals surface area contributed by atoms with Gasteiger partial charge in [-0.3, -0.25) is 4.98 Å². The second-order valence-corrected chi connectivity index (χ2v) is 5.08. The molecule has 0 aliphatic carbocycles. The van der Waals surface area contributed by atoms with Crippen molar-refractivity contribution in [3.05, 3.63) is 64.9 Å². The van der Waals surface area contributed by atoms with E-state index in [0.29, 0.717) is 21.2 Å². The number of pyridine rings is 1. The van der Waals surface area contributed by atoms with Crippen molar-refractivity contribution in [1.29, 1.82) is 5.26 Å². The average Bonchev–Trinajstić information content (AvgIpc) is 2.58. The summed E-state index contributed by atoms with van der Waals surface area (Å²) in [5, 5.41) is 10.5. The molecule has 1 unspecified atom stereocenters. The fourth-order valence-electron chi connectivity index (χ4n) is 2.23. The molecule has 0 bridgehead atoms. The Morgan fingerprint density at radius 2 is 2.05 bits per heavy atom. The highest BCUT2D eigenvalue weighted by molar-refractivity contribution is 6.30. The molecule has 21 heavy (non-hydrogen) atoms. The molecule has 0 aliphatic heterocycles. The van der Waals surface area contributed by atoms with Crippen LogP contribution in [-0.2, 0) is 5.41 Å². The summed E-state index contributed by atoms with van der Waals surface area (Å²) in [4.78, 5) is 4.72. The van der Waals surface area contributed by atoms with Gasteiger partial charge in [-0.1, -0.05) is 29.8 Å². The van der Waals surface area contributed by atoms with E-state index in [2.05, 4.69) is 11.1 Å². The first-order valence-electron chi connectivity index (χ1n) is 9.37. The third-order valence-electron chi connectivity index (χ3n) is 3.34. The molecule has 2 rings (SSSR count). The van der Waals surface area contributed by atoms with E-state index in [0.717, 1.165) is 0 Å². The van der Waals surface area contributed by atoms with E-state index in [1.165, 1.54) is 6.20 Å². The molecular formula is C17H18ClN3. The van der Waals surface area contributed by atoms with Crippen LogP contribution in [0.15, 0.2) is 48.7 Å². The molecule has 0 radical (unpaired) electrons. The second-order valence-electron chi connectivity index (χ2n) is 4.64. The predicted octanol–water partition coefficient (Wildman–Crippen LogP) is 3.50. The van der Waals surface area contributed by atoms with Gasteiger partial charge in [-0.15, -0.1) is 0 Å². The van der Waals surface area contributed by atoms with E-state index in [4.69, 9.17) is 19.8 Å². The minimum absolute atomic E-state index is 0.0705. The minimum atomic E-state index is -2.82. The molecule has 2 aromatic rings. The zero-order valence-electron chi connectivity index (χ0n) is 17.3. The third-order valence-corrected chi connectivity index (χ3v) is 3.59. The molecule has 3 nitrogen and oxygen atoms in total. The van der Waals surface area contributed by atoms with Crippen LogP contribution in [0, 0.1) is 11.3 Å². The Morgan fingerprint density at radius 3 is 2.62 bits per heavy atom. The van der Waals surface area contributed by atoms with Gasteiger partial charge in [0.15, 0.2) is 0 Å². The summed E-state index contributed by atoms with van der Waals surface area (Å²) in [7, 11) is 0. The van der Waals surface area contributed by atoms with Gasteiger partial charge < -0.3 is 4.90 Å². The summed E-state index contributed by atoms with van der Waals surface area (Å²) < 4.78 is 45.2. The Balaban J connectivity index is 2.51. The van der Waals surface area contributed by atoms with Crippen LogP contribution in [0.1, 0.15) is 25.9 Å². The van der Waals surface area contributed by atoms with Crippen LogP contribution in [0.2, 0.25) is 5.02 Å². The Bertz CT molecular complexity index is 785. The molecule has 0 saturated heterocycles. The molecule has 0 saturated carbocycles. The fraction of sp³-hybridized carbons (Fsp3) is 0.294. The van der Waals surface area contributed by atoms with Crippen molar-refractivity contribution < 1.29 is 8.22 Å². The van der Waals surface area contributed by atoms with Crippen molar-refractivity contribution in [3.8, 4) is 6.07 Å². The quantitative estimate of drug-likeness (QED) is 0.849. The van der Waals surface area contributed by atoms with Crippen LogP contribution in [0.3, 0.4) is 0 Å².